The summed E-state index contributed by atoms with van der Waals surface area (Å²) in [5.41, 5.74) is 7.87. The number of nitrogens with one attached hydrogen (secondary N) is 3. The maximum atomic E-state index is 12.4. The highest BCUT2D eigenvalue weighted by molar-refractivity contribution is 6.34. The highest BCUT2D eigenvalue weighted by Crippen LogP contribution is 2.21. The predicted octanol–water partition coefficient (Wildman–Crippen LogP) is 4.24. The smallest absolute Gasteiger partial charge is 0.319 e. The van der Waals surface area contributed by atoms with Crippen LogP contribution >= 0.6 is 24.0 Å². The molecule has 0 unspecified atom stereocenters. The van der Waals surface area contributed by atoms with Gasteiger partial charge in [0.25, 0.3) is 5.91 Å². The quantitative estimate of drug-likeness (QED) is 0.540. The molecule has 6 nitrogen and oxygen atoms in total. The van der Waals surface area contributed by atoms with Crippen molar-refractivity contribution in [1.82, 2.24) is 10.6 Å². The summed E-state index contributed by atoms with van der Waals surface area (Å²) in [6, 6.07) is 11.9. The van der Waals surface area contributed by atoms with Crippen LogP contribution in [-0.2, 0) is 6.42 Å². The van der Waals surface area contributed by atoms with E-state index in [1.807, 2.05) is 45.0 Å². The third kappa shape index (κ3) is 7.66. The molecule has 0 spiro atoms. The van der Waals surface area contributed by atoms with Crippen molar-refractivity contribution in [3.8, 4) is 0 Å². The average Bonchev–Trinajstić information content (AvgIpc) is 2.56. The highest BCUT2D eigenvalue weighted by Gasteiger charge is 2.15. The minimum Gasteiger partial charge on any atom is -0.399 e. The molecule has 28 heavy (non-hydrogen) atoms. The molecule has 0 heterocycles. The maximum absolute atomic E-state index is 12.4. The van der Waals surface area contributed by atoms with Gasteiger partial charge in [0.15, 0.2) is 0 Å². The van der Waals surface area contributed by atoms with Gasteiger partial charge in [-0.3, -0.25) is 4.79 Å². The number of nitrogens with two attached hydrogens (primary N) is 1. The number of nitrogen functional groups attached to an aromatic ring is 1. The highest BCUT2D eigenvalue weighted by atomic mass is 35.5. The first kappa shape index (κ1) is 23.6. The van der Waals surface area contributed by atoms with E-state index in [1.165, 1.54) is 0 Å². The molecular weight excluding hydrogens is 399 g/mol. The molecule has 0 fully saturated rings. The molecule has 0 saturated carbocycles. The van der Waals surface area contributed by atoms with Crippen molar-refractivity contribution in [2.75, 3.05) is 17.6 Å². The Bertz CT molecular complexity index is 818. The van der Waals surface area contributed by atoms with Gasteiger partial charge in [-0.25, -0.2) is 4.79 Å². The Hall–Kier alpha value is -2.44. The van der Waals surface area contributed by atoms with Crippen molar-refractivity contribution in [3.05, 3.63) is 58.6 Å². The van der Waals surface area contributed by atoms with E-state index in [0.717, 1.165) is 5.56 Å². The number of amides is 3. The Morgan fingerprint density at radius 2 is 1.71 bits per heavy atom. The third-order valence-electron chi connectivity index (χ3n) is 3.64. The van der Waals surface area contributed by atoms with Crippen molar-refractivity contribution >= 4 is 47.3 Å². The molecule has 2 aromatic carbocycles. The van der Waals surface area contributed by atoms with Gasteiger partial charge < -0.3 is 21.7 Å². The fourth-order valence-electron chi connectivity index (χ4n) is 2.38. The molecule has 0 aromatic heterocycles. The fourth-order valence-corrected chi connectivity index (χ4v) is 2.58. The van der Waals surface area contributed by atoms with E-state index < -0.39 is 0 Å². The Balaban J connectivity index is 0.00000392. The number of benzene rings is 2. The summed E-state index contributed by atoms with van der Waals surface area (Å²) in [5.74, 6) is -0.296. The van der Waals surface area contributed by atoms with Crippen LogP contribution < -0.4 is 21.7 Å². The molecule has 0 aliphatic heterocycles. The number of urea groups is 1. The Morgan fingerprint density at radius 1 is 1.07 bits per heavy atom. The monoisotopic (exact) mass is 424 g/mol. The number of anilines is 2. The molecular formula is C20H26Cl2N4O2. The van der Waals surface area contributed by atoms with Gasteiger partial charge in [0.1, 0.15) is 0 Å². The lowest BCUT2D eigenvalue weighted by molar-refractivity contribution is 0.0954. The molecule has 0 radical (unpaired) electrons. The number of halogens is 2. The number of carbonyl (C=O) groups excluding carboxylic acids is 2. The van der Waals surface area contributed by atoms with Crippen LogP contribution in [0.2, 0.25) is 5.02 Å². The van der Waals surface area contributed by atoms with E-state index in [-0.39, 0.29) is 29.9 Å². The van der Waals surface area contributed by atoms with Gasteiger partial charge in [0.2, 0.25) is 0 Å². The van der Waals surface area contributed by atoms with E-state index in [9.17, 15) is 9.59 Å². The molecule has 3 amide bonds. The van der Waals surface area contributed by atoms with Gasteiger partial charge in [-0.15, -0.1) is 12.4 Å². The number of hydrogen-bond acceptors (Lipinski definition) is 3. The van der Waals surface area contributed by atoms with Crippen LogP contribution in [0.15, 0.2) is 42.5 Å². The van der Waals surface area contributed by atoms with E-state index in [4.69, 9.17) is 17.3 Å². The number of hydrogen-bond donors (Lipinski definition) is 4. The number of rotatable bonds is 5. The van der Waals surface area contributed by atoms with Gasteiger partial charge in [-0.1, -0.05) is 23.7 Å². The topological polar surface area (TPSA) is 96.2 Å². The lowest BCUT2D eigenvalue weighted by atomic mass is 10.1. The second-order valence-electron chi connectivity index (χ2n) is 7.27. The van der Waals surface area contributed by atoms with Crippen molar-refractivity contribution < 1.29 is 9.59 Å². The molecule has 2 rings (SSSR count). The zero-order valence-corrected chi connectivity index (χ0v) is 17.7. The minimum atomic E-state index is -0.362. The minimum absolute atomic E-state index is 0. The molecule has 0 saturated heterocycles. The molecule has 2 aromatic rings. The summed E-state index contributed by atoms with van der Waals surface area (Å²) in [5, 5.41) is 8.66. The van der Waals surface area contributed by atoms with Crippen molar-refractivity contribution in [2.45, 2.75) is 32.7 Å². The van der Waals surface area contributed by atoms with Crippen molar-refractivity contribution in [3.63, 3.8) is 0 Å². The lowest BCUT2D eigenvalue weighted by Gasteiger charge is -2.21. The fraction of sp³-hybridized carbons (Fsp3) is 0.300. The first-order chi connectivity index (χ1) is 12.6. The summed E-state index contributed by atoms with van der Waals surface area (Å²) in [6.07, 6.45) is 0.676. The SMILES string of the molecule is CC(C)(C)NC(=O)Nc1ccc(Cl)c(C(=O)NCCc2ccc(N)cc2)c1.Cl. The summed E-state index contributed by atoms with van der Waals surface area (Å²) in [6.45, 7) is 6.11. The van der Waals surface area contributed by atoms with Crippen LogP contribution in [-0.4, -0.2) is 24.0 Å². The van der Waals surface area contributed by atoms with Gasteiger partial charge in [0.05, 0.1) is 10.6 Å². The summed E-state index contributed by atoms with van der Waals surface area (Å²) < 4.78 is 0. The van der Waals surface area contributed by atoms with Gasteiger partial charge in [0, 0.05) is 23.5 Å². The van der Waals surface area contributed by atoms with Gasteiger partial charge in [-0.05, 0) is 63.1 Å². The van der Waals surface area contributed by atoms with Gasteiger partial charge >= 0.3 is 6.03 Å². The van der Waals surface area contributed by atoms with Gasteiger partial charge in [-0.2, -0.15) is 0 Å². The second-order valence-corrected chi connectivity index (χ2v) is 7.68. The van der Waals surface area contributed by atoms with Crippen molar-refractivity contribution in [1.29, 1.82) is 0 Å². The van der Waals surface area contributed by atoms with Crippen LogP contribution in [0, 0.1) is 0 Å². The first-order valence-electron chi connectivity index (χ1n) is 8.65. The summed E-state index contributed by atoms with van der Waals surface area (Å²) in [7, 11) is 0. The first-order valence-corrected chi connectivity index (χ1v) is 9.03. The summed E-state index contributed by atoms with van der Waals surface area (Å²) >= 11 is 6.14. The van der Waals surface area contributed by atoms with E-state index >= 15 is 0 Å². The van der Waals surface area contributed by atoms with Crippen molar-refractivity contribution in [2.24, 2.45) is 0 Å². The average molecular weight is 425 g/mol. The molecule has 152 valence electrons. The van der Waals surface area contributed by atoms with Crippen LogP contribution in [0.4, 0.5) is 16.2 Å². The molecule has 0 bridgehead atoms. The maximum Gasteiger partial charge on any atom is 0.319 e. The zero-order valence-electron chi connectivity index (χ0n) is 16.1. The molecule has 5 N–H and O–H groups in total. The van der Waals surface area contributed by atoms with Crippen LogP contribution in [0.3, 0.4) is 0 Å². The second kappa shape index (κ2) is 10.2. The largest absolute Gasteiger partial charge is 0.399 e. The molecule has 8 heteroatoms. The lowest BCUT2D eigenvalue weighted by Crippen LogP contribution is -2.43. The number of carbonyl (C=O) groups is 2. The molecule has 0 aliphatic rings. The Labute approximate surface area is 176 Å². The molecule has 0 aliphatic carbocycles. The van der Waals surface area contributed by atoms with E-state index in [0.29, 0.717) is 34.9 Å². The zero-order chi connectivity index (χ0) is 20.0. The Kier molecular flexibility index (Phi) is 8.60. The normalized spacial score (nSPS) is 10.6. The van der Waals surface area contributed by atoms with Crippen LogP contribution in [0.1, 0.15) is 36.7 Å². The predicted molar refractivity (Wildman–Crippen MR) is 117 cm³/mol. The molecule has 0 atom stereocenters. The summed E-state index contributed by atoms with van der Waals surface area (Å²) in [4.78, 5) is 24.4. The third-order valence-corrected chi connectivity index (χ3v) is 3.97. The Morgan fingerprint density at radius 3 is 2.32 bits per heavy atom. The van der Waals surface area contributed by atoms with E-state index in [2.05, 4.69) is 16.0 Å². The van der Waals surface area contributed by atoms with Crippen LogP contribution in [0.25, 0.3) is 0 Å². The standard InChI is InChI=1S/C20H25ClN4O2.ClH/c1-20(2,3)25-19(27)24-15-8-9-17(21)16(12-15)18(26)23-11-10-13-4-6-14(22)7-5-13;/h4-9,12H,10-11,22H2,1-3H3,(H,23,26)(H2,24,25,27);1H. The van der Waals surface area contributed by atoms with E-state index in [1.54, 1.807) is 18.2 Å². The van der Waals surface area contributed by atoms with Crippen LogP contribution in [0.5, 0.6) is 0 Å².